The van der Waals surface area contributed by atoms with Gasteiger partial charge in [0.25, 0.3) is 0 Å². The quantitative estimate of drug-likeness (QED) is 0.738. The van der Waals surface area contributed by atoms with Crippen LogP contribution in [-0.2, 0) is 0 Å². The summed E-state index contributed by atoms with van der Waals surface area (Å²) in [5.74, 6) is -0.294. The lowest BCUT2D eigenvalue weighted by Crippen LogP contribution is -2.17. The van der Waals surface area contributed by atoms with Crippen molar-refractivity contribution in [3.63, 3.8) is 0 Å². The Morgan fingerprint density at radius 3 is 2.58 bits per heavy atom. The highest BCUT2D eigenvalue weighted by Crippen LogP contribution is 2.27. The normalized spacial score (nSPS) is 13.3. The molecular weight excluding hydrogens is 257 g/mol. The first-order valence-electron chi connectivity index (χ1n) is 6.46. The second-order valence-electron chi connectivity index (χ2n) is 4.49. The van der Waals surface area contributed by atoms with Crippen LogP contribution in [0.1, 0.15) is 50.7 Å². The van der Waals surface area contributed by atoms with Gasteiger partial charge in [0.05, 0.1) is 6.10 Å². The van der Waals surface area contributed by atoms with Crippen LogP contribution in [0.4, 0.5) is 13.2 Å². The summed E-state index contributed by atoms with van der Waals surface area (Å²) in [6.45, 7) is 2.09. The molecule has 108 valence electrons. The van der Waals surface area contributed by atoms with Crippen LogP contribution in [0.5, 0.6) is 5.75 Å². The van der Waals surface area contributed by atoms with E-state index in [1.54, 1.807) is 6.07 Å². The van der Waals surface area contributed by atoms with Gasteiger partial charge in [-0.3, -0.25) is 0 Å². The maximum atomic E-state index is 12.1. The van der Waals surface area contributed by atoms with Gasteiger partial charge in [0.15, 0.2) is 0 Å². The molecule has 0 aliphatic heterocycles. The van der Waals surface area contributed by atoms with E-state index in [9.17, 15) is 18.3 Å². The second-order valence-corrected chi connectivity index (χ2v) is 4.49. The Morgan fingerprint density at radius 2 is 1.95 bits per heavy atom. The summed E-state index contributed by atoms with van der Waals surface area (Å²) in [4.78, 5) is 0. The van der Waals surface area contributed by atoms with Crippen LogP contribution >= 0.6 is 0 Å². The predicted octanol–water partition coefficient (Wildman–Crippen LogP) is 4.59. The van der Waals surface area contributed by atoms with Gasteiger partial charge in [-0.1, -0.05) is 44.7 Å². The van der Waals surface area contributed by atoms with Crippen molar-refractivity contribution in [1.29, 1.82) is 0 Å². The number of aliphatic hydroxyl groups excluding tert-OH is 1. The van der Waals surface area contributed by atoms with Crippen molar-refractivity contribution < 1.29 is 23.0 Å². The maximum absolute atomic E-state index is 12.1. The summed E-state index contributed by atoms with van der Waals surface area (Å²) in [6, 6.07) is 5.51. The van der Waals surface area contributed by atoms with Crippen LogP contribution in [0, 0.1) is 0 Å². The standard InChI is InChI=1S/C14H19F3O2/c1-2-3-4-5-9-13(18)11-7-6-8-12(10-11)19-14(15,16)17/h6-8,10,13,18H,2-5,9H2,1H3. The number of unbranched alkanes of at least 4 members (excludes halogenated alkanes) is 3. The van der Waals surface area contributed by atoms with Crippen LogP contribution in [0.3, 0.4) is 0 Å². The van der Waals surface area contributed by atoms with Crippen LogP contribution in [0.25, 0.3) is 0 Å². The highest BCUT2D eigenvalue weighted by molar-refractivity contribution is 5.30. The van der Waals surface area contributed by atoms with Crippen molar-refractivity contribution in [2.24, 2.45) is 0 Å². The van der Waals surface area contributed by atoms with E-state index in [4.69, 9.17) is 0 Å². The molecule has 0 aliphatic rings. The zero-order valence-corrected chi connectivity index (χ0v) is 10.9. The predicted molar refractivity (Wildman–Crippen MR) is 66.8 cm³/mol. The molecule has 0 fully saturated rings. The Labute approximate surface area is 111 Å². The van der Waals surface area contributed by atoms with Crippen molar-refractivity contribution in [3.05, 3.63) is 29.8 Å². The van der Waals surface area contributed by atoms with Gasteiger partial charge in [0, 0.05) is 0 Å². The third-order valence-corrected chi connectivity index (χ3v) is 2.81. The van der Waals surface area contributed by atoms with E-state index in [0.29, 0.717) is 12.0 Å². The molecule has 1 atom stereocenters. The largest absolute Gasteiger partial charge is 0.573 e. The van der Waals surface area contributed by atoms with E-state index >= 15 is 0 Å². The van der Waals surface area contributed by atoms with Crippen molar-refractivity contribution in [2.75, 3.05) is 0 Å². The fourth-order valence-electron chi connectivity index (χ4n) is 1.85. The van der Waals surface area contributed by atoms with Crippen molar-refractivity contribution >= 4 is 0 Å². The number of ether oxygens (including phenoxy) is 1. The number of aliphatic hydroxyl groups is 1. The van der Waals surface area contributed by atoms with E-state index in [1.165, 1.54) is 18.2 Å². The van der Waals surface area contributed by atoms with Gasteiger partial charge in [0.1, 0.15) is 5.75 Å². The zero-order valence-electron chi connectivity index (χ0n) is 10.9. The molecule has 1 N–H and O–H groups in total. The average molecular weight is 276 g/mol. The molecular formula is C14H19F3O2. The van der Waals surface area contributed by atoms with E-state index in [-0.39, 0.29) is 5.75 Å². The number of halogens is 3. The summed E-state index contributed by atoms with van der Waals surface area (Å²) < 4.78 is 40.1. The van der Waals surface area contributed by atoms with Gasteiger partial charge in [0.2, 0.25) is 0 Å². The van der Waals surface area contributed by atoms with E-state index in [0.717, 1.165) is 25.7 Å². The molecule has 1 aromatic rings. The van der Waals surface area contributed by atoms with Crippen LogP contribution in [-0.4, -0.2) is 11.5 Å². The highest BCUT2D eigenvalue weighted by Gasteiger charge is 2.31. The summed E-state index contributed by atoms with van der Waals surface area (Å²) in [5.41, 5.74) is 0.457. The first-order valence-corrected chi connectivity index (χ1v) is 6.46. The highest BCUT2D eigenvalue weighted by atomic mass is 19.4. The SMILES string of the molecule is CCCCCCC(O)c1cccc(OC(F)(F)F)c1. The Bertz CT molecular complexity index is 377. The maximum Gasteiger partial charge on any atom is 0.573 e. The van der Waals surface area contributed by atoms with Crippen molar-refractivity contribution in [3.8, 4) is 5.75 Å². The monoisotopic (exact) mass is 276 g/mol. The fraction of sp³-hybridized carbons (Fsp3) is 0.571. The molecule has 1 aromatic carbocycles. The lowest BCUT2D eigenvalue weighted by molar-refractivity contribution is -0.274. The fourth-order valence-corrected chi connectivity index (χ4v) is 1.85. The summed E-state index contributed by atoms with van der Waals surface area (Å²) in [5, 5.41) is 9.91. The van der Waals surface area contributed by atoms with Gasteiger partial charge in [-0.2, -0.15) is 0 Å². The molecule has 1 rings (SSSR count). The number of benzene rings is 1. The number of alkyl halides is 3. The second kappa shape index (κ2) is 7.38. The van der Waals surface area contributed by atoms with Crippen LogP contribution in [0.15, 0.2) is 24.3 Å². The van der Waals surface area contributed by atoms with E-state index < -0.39 is 12.5 Å². The summed E-state index contributed by atoms with van der Waals surface area (Å²) in [6.07, 6.45) is -0.811. The third kappa shape index (κ3) is 6.47. The average Bonchev–Trinajstić information content (AvgIpc) is 2.32. The Hall–Kier alpha value is -1.23. The summed E-state index contributed by atoms with van der Waals surface area (Å²) >= 11 is 0. The van der Waals surface area contributed by atoms with Crippen LogP contribution in [0.2, 0.25) is 0 Å². The Morgan fingerprint density at radius 1 is 1.21 bits per heavy atom. The zero-order chi connectivity index (χ0) is 14.3. The molecule has 0 saturated heterocycles. The van der Waals surface area contributed by atoms with Gasteiger partial charge < -0.3 is 9.84 Å². The molecule has 1 unspecified atom stereocenters. The molecule has 0 spiro atoms. The van der Waals surface area contributed by atoms with E-state index in [2.05, 4.69) is 11.7 Å². The molecule has 0 heterocycles. The topological polar surface area (TPSA) is 29.5 Å². The lowest BCUT2D eigenvalue weighted by atomic mass is 10.0. The van der Waals surface area contributed by atoms with Crippen molar-refractivity contribution in [1.82, 2.24) is 0 Å². The van der Waals surface area contributed by atoms with Gasteiger partial charge in [-0.25, -0.2) is 0 Å². The minimum absolute atomic E-state index is 0.294. The minimum Gasteiger partial charge on any atom is -0.406 e. The number of hydrogen-bond donors (Lipinski definition) is 1. The smallest absolute Gasteiger partial charge is 0.406 e. The molecule has 0 amide bonds. The number of hydrogen-bond acceptors (Lipinski definition) is 2. The molecule has 19 heavy (non-hydrogen) atoms. The molecule has 2 nitrogen and oxygen atoms in total. The Kier molecular flexibility index (Phi) is 6.15. The van der Waals surface area contributed by atoms with Crippen LogP contribution < -0.4 is 4.74 Å². The molecule has 0 saturated carbocycles. The van der Waals surface area contributed by atoms with Gasteiger partial charge >= 0.3 is 6.36 Å². The molecule has 0 bridgehead atoms. The first-order chi connectivity index (χ1) is 8.92. The minimum atomic E-state index is -4.70. The molecule has 0 aromatic heterocycles. The third-order valence-electron chi connectivity index (χ3n) is 2.81. The molecule has 5 heteroatoms. The number of rotatable bonds is 7. The Balaban J connectivity index is 2.55. The van der Waals surface area contributed by atoms with E-state index in [1.807, 2.05) is 0 Å². The molecule has 0 radical (unpaired) electrons. The van der Waals surface area contributed by atoms with Gasteiger partial charge in [-0.15, -0.1) is 13.2 Å². The van der Waals surface area contributed by atoms with Gasteiger partial charge in [-0.05, 0) is 24.1 Å². The first kappa shape index (κ1) is 15.8. The summed E-state index contributed by atoms with van der Waals surface area (Å²) in [7, 11) is 0. The lowest BCUT2D eigenvalue weighted by Gasteiger charge is -2.13. The van der Waals surface area contributed by atoms with Crippen molar-refractivity contribution in [2.45, 2.75) is 51.5 Å². The molecule has 0 aliphatic carbocycles.